The van der Waals surface area contributed by atoms with Gasteiger partial charge in [0.1, 0.15) is 17.5 Å². The Kier molecular flexibility index (Phi) is 10.0. The zero-order valence-corrected chi connectivity index (χ0v) is 27.0. The Bertz CT molecular complexity index is 1980. The third-order valence-electron chi connectivity index (χ3n) is 7.24. The van der Waals surface area contributed by atoms with Crippen LogP contribution in [0.15, 0.2) is 75.7 Å². The number of fused-ring (bicyclic) bond motifs is 2. The molecule has 0 radical (unpaired) electrons. The number of esters is 2. The number of allylic oxidation sites excluding steroid dienone is 1. The monoisotopic (exact) mass is 648 g/mol. The fourth-order valence-corrected chi connectivity index (χ4v) is 6.54. The zero-order chi connectivity index (χ0) is 32.1. The molecule has 9 nitrogen and oxygen atoms in total. The van der Waals surface area contributed by atoms with Gasteiger partial charge in [-0.1, -0.05) is 66.6 Å². The van der Waals surface area contributed by atoms with Crippen LogP contribution in [0.2, 0.25) is 5.02 Å². The van der Waals surface area contributed by atoms with E-state index in [0.717, 1.165) is 10.8 Å². The Morgan fingerprint density at radius 2 is 1.78 bits per heavy atom. The van der Waals surface area contributed by atoms with E-state index in [-0.39, 0.29) is 31.0 Å². The highest BCUT2D eigenvalue weighted by atomic mass is 35.5. The minimum absolute atomic E-state index is 0.154. The predicted molar refractivity (Wildman–Crippen MR) is 174 cm³/mol. The molecule has 1 atom stereocenters. The predicted octanol–water partition coefficient (Wildman–Crippen LogP) is 5.34. The van der Waals surface area contributed by atoms with Gasteiger partial charge in [-0.3, -0.25) is 9.36 Å². The molecule has 1 aromatic heterocycles. The van der Waals surface area contributed by atoms with E-state index in [1.165, 1.54) is 23.0 Å². The molecule has 0 fully saturated rings. The number of hydrogen-bond acceptors (Lipinski definition) is 9. The molecule has 11 heteroatoms. The molecule has 45 heavy (non-hydrogen) atoms. The normalized spacial score (nSPS) is 14.6. The van der Waals surface area contributed by atoms with E-state index >= 15 is 0 Å². The van der Waals surface area contributed by atoms with Gasteiger partial charge < -0.3 is 18.9 Å². The number of methoxy groups -OCH3 is 1. The molecular weight excluding hydrogens is 616 g/mol. The molecule has 2 heterocycles. The fourth-order valence-electron chi connectivity index (χ4n) is 5.35. The van der Waals surface area contributed by atoms with Crippen LogP contribution in [0.1, 0.15) is 50.8 Å². The third kappa shape index (κ3) is 6.53. The molecule has 234 valence electrons. The van der Waals surface area contributed by atoms with Crippen LogP contribution in [0, 0.1) is 0 Å². The van der Waals surface area contributed by atoms with Gasteiger partial charge in [0.05, 0.1) is 36.1 Å². The van der Waals surface area contributed by atoms with Gasteiger partial charge in [-0.15, -0.1) is 0 Å². The van der Waals surface area contributed by atoms with Crippen LogP contribution in [0.4, 0.5) is 0 Å². The maximum absolute atomic E-state index is 14.4. The van der Waals surface area contributed by atoms with E-state index in [1.54, 1.807) is 44.2 Å². The molecule has 0 amide bonds. The summed E-state index contributed by atoms with van der Waals surface area (Å²) in [5.41, 5.74) is 1.60. The summed E-state index contributed by atoms with van der Waals surface area (Å²) in [6.07, 6.45) is 2.95. The van der Waals surface area contributed by atoms with Crippen LogP contribution >= 0.6 is 22.9 Å². The van der Waals surface area contributed by atoms with Crippen LogP contribution in [-0.4, -0.2) is 43.4 Å². The largest absolute Gasteiger partial charge is 0.496 e. The Morgan fingerprint density at radius 3 is 2.51 bits per heavy atom. The van der Waals surface area contributed by atoms with Crippen LogP contribution in [0.3, 0.4) is 0 Å². The second-order valence-corrected chi connectivity index (χ2v) is 11.5. The lowest BCUT2D eigenvalue weighted by molar-refractivity contribution is -0.145. The number of carbonyl (C=O) groups excluding carboxylic acids is 2. The van der Waals surface area contributed by atoms with E-state index in [1.807, 2.05) is 37.3 Å². The van der Waals surface area contributed by atoms with Gasteiger partial charge >= 0.3 is 11.9 Å². The van der Waals surface area contributed by atoms with Crippen LogP contribution in [0.25, 0.3) is 16.8 Å². The summed E-state index contributed by atoms with van der Waals surface area (Å²) in [5.74, 6) is -0.183. The highest BCUT2D eigenvalue weighted by Crippen LogP contribution is 2.38. The summed E-state index contributed by atoms with van der Waals surface area (Å²) in [6.45, 7) is 5.56. The highest BCUT2D eigenvalue weighted by Gasteiger charge is 2.36. The topological polar surface area (TPSA) is 105 Å². The summed E-state index contributed by atoms with van der Waals surface area (Å²) >= 11 is 7.65. The first-order valence-electron chi connectivity index (χ1n) is 14.7. The molecule has 0 aliphatic carbocycles. The molecule has 0 unspecified atom stereocenters. The van der Waals surface area contributed by atoms with Gasteiger partial charge in [-0.05, 0) is 61.4 Å². The van der Waals surface area contributed by atoms with Crippen molar-refractivity contribution < 1.29 is 28.5 Å². The van der Waals surface area contributed by atoms with Gasteiger partial charge in [-0.2, -0.15) is 0 Å². The Morgan fingerprint density at radius 1 is 1.02 bits per heavy atom. The smallest absolute Gasteiger partial charge is 0.344 e. The van der Waals surface area contributed by atoms with E-state index in [2.05, 4.69) is 0 Å². The van der Waals surface area contributed by atoms with Crippen LogP contribution in [-0.2, 0) is 19.1 Å². The van der Waals surface area contributed by atoms with E-state index < -0.39 is 18.0 Å². The van der Waals surface area contributed by atoms with Crippen molar-refractivity contribution >= 4 is 51.7 Å². The maximum Gasteiger partial charge on any atom is 0.344 e. The fraction of sp³-hybridized carbons (Fsp3) is 0.294. The van der Waals surface area contributed by atoms with Crippen molar-refractivity contribution in [2.75, 3.05) is 26.9 Å². The first-order chi connectivity index (χ1) is 21.8. The molecule has 3 aromatic carbocycles. The molecule has 1 aliphatic heterocycles. The molecule has 5 rings (SSSR count). The minimum Gasteiger partial charge on any atom is -0.496 e. The van der Waals surface area contributed by atoms with E-state index in [4.69, 9.17) is 35.5 Å². The number of aromatic nitrogens is 1. The molecular formula is C34H33ClN2O7S. The van der Waals surface area contributed by atoms with Gasteiger partial charge in [0.15, 0.2) is 11.4 Å². The summed E-state index contributed by atoms with van der Waals surface area (Å²) in [4.78, 5) is 45.3. The zero-order valence-electron chi connectivity index (χ0n) is 25.4. The lowest BCUT2D eigenvalue weighted by Crippen LogP contribution is -2.40. The van der Waals surface area contributed by atoms with Crippen molar-refractivity contribution in [1.29, 1.82) is 0 Å². The van der Waals surface area contributed by atoms with Crippen molar-refractivity contribution in [2.24, 2.45) is 4.99 Å². The van der Waals surface area contributed by atoms with Crippen molar-refractivity contribution in [3.05, 3.63) is 102 Å². The lowest BCUT2D eigenvalue weighted by atomic mass is 9.93. The maximum atomic E-state index is 14.4. The van der Waals surface area contributed by atoms with Gasteiger partial charge in [0.25, 0.3) is 5.56 Å². The second kappa shape index (κ2) is 14.1. The van der Waals surface area contributed by atoms with Crippen molar-refractivity contribution in [1.82, 2.24) is 4.57 Å². The molecule has 0 N–H and O–H groups in total. The Labute approximate surface area is 269 Å². The molecule has 4 aromatic rings. The average Bonchev–Trinajstić information content (AvgIpc) is 3.34. The molecule has 0 saturated carbocycles. The van der Waals surface area contributed by atoms with Gasteiger partial charge in [0, 0.05) is 16.1 Å². The van der Waals surface area contributed by atoms with Crippen molar-refractivity contribution in [3.8, 4) is 11.5 Å². The summed E-state index contributed by atoms with van der Waals surface area (Å²) < 4.78 is 24.0. The average molecular weight is 649 g/mol. The Hall–Kier alpha value is -4.41. The molecule has 1 aliphatic rings. The lowest BCUT2D eigenvalue weighted by Gasteiger charge is -2.27. The first kappa shape index (κ1) is 32.0. The number of rotatable bonds is 11. The summed E-state index contributed by atoms with van der Waals surface area (Å²) in [5, 5.41) is 2.18. The minimum atomic E-state index is -0.898. The standard InChI is InChI=1S/C34H33ClN2O7S/c1-5-10-25-30(33(40)43-7-3)31(24-17-21(35)14-16-26(24)41-4)37-32(39)28(45-34(37)36-25)18-23-22-12-9-8-11-20(22)13-15-27(23)44-19-29(38)42-6-2/h8-9,11-18,31H,5-7,10,19H2,1-4H3/b28-18+/t31-/m0/s1. The van der Waals surface area contributed by atoms with Crippen LogP contribution in [0.5, 0.6) is 11.5 Å². The van der Waals surface area contributed by atoms with Gasteiger partial charge in [0.2, 0.25) is 0 Å². The van der Waals surface area contributed by atoms with E-state index in [9.17, 15) is 14.4 Å². The number of carbonyl (C=O) groups is 2. The number of hydrogen-bond donors (Lipinski definition) is 0. The first-order valence-corrected chi connectivity index (χ1v) is 15.9. The number of halogens is 1. The van der Waals surface area contributed by atoms with Crippen molar-refractivity contribution in [2.45, 2.75) is 39.7 Å². The number of ether oxygens (including phenoxy) is 4. The van der Waals surface area contributed by atoms with Gasteiger partial charge in [-0.25, -0.2) is 14.6 Å². The SMILES string of the molecule is CCCC1=C(C(=O)OCC)[C@H](c2cc(Cl)ccc2OC)n2c(s/c(=C/c3c(OCC(=O)OCC)ccc4ccccc34)c2=O)=N1. The number of thiazole rings is 1. The molecule has 0 bridgehead atoms. The number of nitrogens with zero attached hydrogens (tertiary/aromatic N) is 2. The number of benzene rings is 3. The van der Waals surface area contributed by atoms with Crippen LogP contribution < -0.4 is 24.4 Å². The second-order valence-electron chi connectivity index (χ2n) is 10.1. The van der Waals surface area contributed by atoms with E-state index in [0.29, 0.717) is 55.5 Å². The summed E-state index contributed by atoms with van der Waals surface area (Å²) in [7, 11) is 1.52. The summed E-state index contributed by atoms with van der Waals surface area (Å²) in [6, 6.07) is 15.5. The Balaban J connectivity index is 1.78. The molecule has 0 spiro atoms. The molecule has 0 saturated heterocycles. The third-order valence-corrected chi connectivity index (χ3v) is 8.45. The quantitative estimate of drug-likeness (QED) is 0.202. The highest BCUT2D eigenvalue weighted by molar-refractivity contribution is 7.07. The van der Waals surface area contributed by atoms with Crippen molar-refractivity contribution in [3.63, 3.8) is 0 Å².